The summed E-state index contributed by atoms with van der Waals surface area (Å²) in [5, 5.41) is 0. The molecule has 0 aromatic heterocycles. The van der Waals surface area contributed by atoms with E-state index in [0.717, 1.165) is 39.3 Å². The maximum absolute atomic E-state index is 15.0. The van der Waals surface area contributed by atoms with Crippen LogP contribution in [0.3, 0.4) is 0 Å². The molecule has 2 aliphatic rings. The maximum Gasteiger partial charge on any atom is 0.193 e. The summed E-state index contributed by atoms with van der Waals surface area (Å²) in [6, 6.07) is 71.5. The highest BCUT2D eigenvalue weighted by molar-refractivity contribution is 6.18. The van der Waals surface area contributed by atoms with Gasteiger partial charge in [0.2, 0.25) is 0 Å². The molecule has 0 bridgehead atoms. The van der Waals surface area contributed by atoms with Crippen molar-refractivity contribution in [1.29, 1.82) is 0 Å². The predicted octanol–water partition coefficient (Wildman–Crippen LogP) is 16.0. The summed E-state index contributed by atoms with van der Waals surface area (Å²) >= 11 is 0. The Balaban J connectivity index is 1.07. The molecule has 9 aromatic rings. The molecule has 1 heterocycles. The second-order valence-corrected chi connectivity index (χ2v) is 19.7. The zero-order valence-corrected chi connectivity index (χ0v) is 39.5. The van der Waals surface area contributed by atoms with Crippen molar-refractivity contribution < 1.29 is 9.59 Å². The van der Waals surface area contributed by atoms with Crippen LogP contribution in [0.2, 0.25) is 0 Å². The van der Waals surface area contributed by atoms with E-state index >= 15 is 9.59 Å². The van der Waals surface area contributed by atoms with Crippen molar-refractivity contribution in [2.24, 2.45) is 0 Å². The van der Waals surface area contributed by atoms with Gasteiger partial charge in [-0.15, -0.1) is 0 Å². The molecule has 0 radical (unpaired) electrons. The molecule has 68 heavy (non-hydrogen) atoms. The van der Waals surface area contributed by atoms with Crippen molar-refractivity contribution >= 4 is 28.6 Å². The molecule has 0 unspecified atom stereocenters. The van der Waals surface area contributed by atoms with Crippen LogP contribution in [0.15, 0.2) is 206 Å². The summed E-state index contributed by atoms with van der Waals surface area (Å²) < 4.78 is 0. The molecule has 11 rings (SSSR count). The average Bonchev–Trinajstić information content (AvgIpc) is 3.37. The van der Waals surface area contributed by atoms with E-state index in [4.69, 9.17) is 0 Å². The minimum Gasteiger partial charge on any atom is -0.310 e. The Morgan fingerprint density at radius 3 is 1.22 bits per heavy atom. The Morgan fingerprint density at radius 2 is 0.779 bits per heavy atom. The zero-order chi connectivity index (χ0) is 46.9. The van der Waals surface area contributed by atoms with Gasteiger partial charge in [0.15, 0.2) is 11.6 Å². The van der Waals surface area contributed by atoms with E-state index in [2.05, 4.69) is 178 Å². The number of fused-ring (bicyclic) bond motifs is 4. The third-order valence-corrected chi connectivity index (χ3v) is 14.8. The number of benzene rings is 9. The summed E-state index contributed by atoms with van der Waals surface area (Å²) in [6.07, 6.45) is 0. The number of aryl methyl sites for hydroxylation is 2. The standard InChI is InChI=1S/C65H53NO2/c1-41-23-27-46(28-24-41)62(67)53-40-52(44-35-37-48(38-36-44)66-59-21-13-11-19-57(59)65(5,6)58-20-12-14-22-60(58)66)54(63(68)47-29-25-42(2)26-30-47)39-51(53)43-31-33-45(34-32-43)61-49-15-7-9-17-55(49)64(3,4)56-18-10-8-16-50(56)61/h7-40,61H,1-6H3. The lowest BCUT2D eigenvalue weighted by Crippen LogP contribution is -2.30. The van der Waals surface area contributed by atoms with Gasteiger partial charge in [0, 0.05) is 44.7 Å². The molecule has 9 aromatic carbocycles. The first-order valence-electron chi connectivity index (χ1n) is 23.7. The minimum atomic E-state index is -0.179. The highest BCUT2D eigenvalue weighted by atomic mass is 16.1. The van der Waals surface area contributed by atoms with Gasteiger partial charge in [0.05, 0.1) is 11.4 Å². The van der Waals surface area contributed by atoms with Crippen LogP contribution in [0.4, 0.5) is 17.1 Å². The van der Waals surface area contributed by atoms with Gasteiger partial charge in [-0.3, -0.25) is 9.59 Å². The van der Waals surface area contributed by atoms with E-state index in [0.29, 0.717) is 33.4 Å². The summed E-state index contributed by atoms with van der Waals surface area (Å²) in [4.78, 5) is 32.4. The lowest BCUT2D eigenvalue weighted by molar-refractivity contribution is 0.102. The maximum atomic E-state index is 15.0. The fourth-order valence-corrected chi connectivity index (χ4v) is 11.1. The second kappa shape index (κ2) is 16.5. The lowest BCUT2D eigenvalue weighted by Gasteiger charge is -2.42. The summed E-state index contributed by atoms with van der Waals surface area (Å²) in [7, 11) is 0. The number of anilines is 3. The Labute approximate surface area is 400 Å². The van der Waals surface area contributed by atoms with Crippen molar-refractivity contribution in [3.8, 4) is 22.3 Å². The van der Waals surface area contributed by atoms with E-state index in [1.54, 1.807) is 0 Å². The first-order valence-corrected chi connectivity index (χ1v) is 23.7. The first kappa shape index (κ1) is 42.7. The number of carbonyl (C=O) groups is 2. The molecule has 0 N–H and O–H groups in total. The first-order chi connectivity index (χ1) is 32.9. The van der Waals surface area contributed by atoms with Gasteiger partial charge in [-0.1, -0.05) is 209 Å². The molecule has 0 saturated carbocycles. The van der Waals surface area contributed by atoms with Crippen molar-refractivity contribution in [3.05, 3.63) is 279 Å². The molecule has 0 saturated heterocycles. The van der Waals surface area contributed by atoms with Crippen LogP contribution >= 0.6 is 0 Å². The van der Waals surface area contributed by atoms with Gasteiger partial charge < -0.3 is 4.90 Å². The highest BCUT2D eigenvalue weighted by Crippen LogP contribution is 2.52. The van der Waals surface area contributed by atoms with Crippen LogP contribution in [0.25, 0.3) is 22.3 Å². The third-order valence-electron chi connectivity index (χ3n) is 14.8. The molecule has 0 atom stereocenters. The van der Waals surface area contributed by atoms with Crippen LogP contribution in [-0.2, 0) is 10.8 Å². The number of nitrogens with zero attached hydrogens (tertiary/aromatic N) is 1. The SMILES string of the molecule is Cc1ccc(C(=O)c2cc(-c3ccc(N4c5ccccc5C(C)(C)c5ccccc54)cc3)c(C(=O)c3ccc(C)cc3)cc2-c2ccc(C3c4ccccc4C(C)(C)c4ccccc43)cc2)cc1. The molecule has 0 amide bonds. The second-order valence-electron chi connectivity index (χ2n) is 19.7. The molecule has 3 heteroatoms. The van der Waals surface area contributed by atoms with Crippen molar-refractivity contribution in [2.45, 2.75) is 58.3 Å². The van der Waals surface area contributed by atoms with Gasteiger partial charge in [-0.2, -0.15) is 0 Å². The van der Waals surface area contributed by atoms with Crippen LogP contribution in [0, 0.1) is 13.8 Å². The highest BCUT2D eigenvalue weighted by Gasteiger charge is 2.38. The predicted molar refractivity (Wildman–Crippen MR) is 279 cm³/mol. The van der Waals surface area contributed by atoms with E-state index in [-0.39, 0.29) is 28.3 Å². The van der Waals surface area contributed by atoms with Gasteiger partial charge >= 0.3 is 0 Å². The molecule has 0 spiro atoms. The summed E-state index contributed by atoms with van der Waals surface area (Å²) in [5.41, 5.74) is 19.5. The number of hydrogen-bond donors (Lipinski definition) is 0. The normalized spacial score (nSPS) is 14.3. The number of para-hydroxylation sites is 2. The lowest BCUT2D eigenvalue weighted by atomic mass is 9.64. The number of rotatable bonds is 8. The van der Waals surface area contributed by atoms with Crippen LogP contribution in [-0.4, -0.2) is 11.6 Å². The fraction of sp³-hybridized carbons (Fsp3) is 0.138. The van der Waals surface area contributed by atoms with Crippen molar-refractivity contribution in [3.63, 3.8) is 0 Å². The number of hydrogen-bond acceptors (Lipinski definition) is 3. The van der Waals surface area contributed by atoms with Gasteiger partial charge in [0.1, 0.15) is 0 Å². The van der Waals surface area contributed by atoms with Crippen molar-refractivity contribution in [1.82, 2.24) is 0 Å². The van der Waals surface area contributed by atoms with Crippen molar-refractivity contribution in [2.75, 3.05) is 4.90 Å². The zero-order valence-electron chi connectivity index (χ0n) is 39.5. The van der Waals surface area contributed by atoms with Gasteiger partial charge in [-0.25, -0.2) is 0 Å². The molecule has 330 valence electrons. The summed E-state index contributed by atoms with van der Waals surface area (Å²) in [5.74, 6) is -0.159. The largest absolute Gasteiger partial charge is 0.310 e. The van der Waals surface area contributed by atoms with E-state index in [1.807, 2.05) is 74.5 Å². The van der Waals surface area contributed by atoms with Gasteiger partial charge in [-0.05, 0) is 111 Å². The van der Waals surface area contributed by atoms with E-state index < -0.39 is 0 Å². The molecule has 3 nitrogen and oxygen atoms in total. The Hall–Kier alpha value is -7.88. The molecule has 0 fully saturated rings. The monoisotopic (exact) mass is 879 g/mol. The minimum absolute atomic E-state index is 0.0422. The Morgan fingerprint density at radius 1 is 0.412 bits per heavy atom. The average molecular weight is 880 g/mol. The Kier molecular flexibility index (Phi) is 10.4. The van der Waals surface area contributed by atoms with Crippen LogP contribution in [0.1, 0.15) is 116 Å². The smallest absolute Gasteiger partial charge is 0.193 e. The molecular weight excluding hydrogens is 827 g/mol. The Bertz CT molecular complexity index is 3100. The quantitative estimate of drug-likeness (QED) is 0.143. The molecule has 1 aliphatic heterocycles. The summed E-state index contributed by atoms with van der Waals surface area (Å²) in [6.45, 7) is 13.3. The third kappa shape index (κ3) is 7.04. The number of ketones is 2. The van der Waals surface area contributed by atoms with Crippen LogP contribution < -0.4 is 4.90 Å². The van der Waals surface area contributed by atoms with E-state index in [9.17, 15) is 0 Å². The number of carbonyl (C=O) groups excluding carboxylic acids is 2. The molecule has 1 aliphatic carbocycles. The van der Waals surface area contributed by atoms with Gasteiger partial charge in [0.25, 0.3) is 0 Å². The van der Waals surface area contributed by atoms with Crippen LogP contribution in [0.5, 0.6) is 0 Å². The molecular formula is C65H53NO2. The fourth-order valence-electron chi connectivity index (χ4n) is 11.1. The topological polar surface area (TPSA) is 37.4 Å². The van der Waals surface area contributed by atoms with E-state index in [1.165, 1.54) is 38.9 Å².